The van der Waals surface area contributed by atoms with Gasteiger partial charge in [0.15, 0.2) is 0 Å². The Hall–Kier alpha value is -1.92. The molecule has 1 rings (SSSR count). The van der Waals surface area contributed by atoms with Gasteiger partial charge in [-0.3, -0.25) is 9.59 Å². The molecule has 26 heavy (non-hydrogen) atoms. The average molecular weight is 365 g/mol. The van der Waals surface area contributed by atoms with E-state index in [1.807, 2.05) is 6.92 Å². The number of rotatable bonds is 12. The maximum absolute atomic E-state index is 12.6. The van der Waals surface area contributed by atoms with Crippen molar-refractivity contribution in [2.75, 3.05) is 40.0 Å². The number of nitrogens with zero attached hydrogens (tertiary/aromatic N) is 1. The number of amides is 1. The molecular weight excluding hydrogens is 334 g/mol. The summed E-state index contributed by atoms with van der Waals surface area (Å²) in [7, 11) is 1.34. The van der Waals surface area contributed by atoms with Gasteiger partial charge in [0.25, 0.3) is 0 Å². The summed E-state index contributed by atoms with van der Waals surface area (Å²) in [5.74, 6) is -0.724. The lowest BCUT2D eigenvalue weighted by Crippen LogP contribution is -2.39. The van der Waals surface area contributed by atoms with Crippen LogP contribution in [-0.4, -0.2) is 61.9 Å². The number of carbonyl (C=O) groups excluding carboxylic acids is 2. The Balaban J connectivity index is 2.52. The fraction of sp³-hybridized carbons (Fsp3) is 0.600. The van der Waals surface area contributed by atoms with E-state index in [0.29, 0.717) is 26.1 Å². The Morgan fingerprint density at radius 1 is 1.19 bits per heavy atom. The third-order valence-electron chi connectivity index (χ3n) is 4.17. The third-order valence-corrected chi connectivity index (χ3v) is 4.17. The van der Waals surface area contributed by atoms with Gasteiger partial charge in [-0.1, -0.05) is 36.8 Å². The molecule has 1 aromatic rings. The van der Waals surface area contributed by atoms with E-state index in [1.165, 1.54) is 18.2 Å². The molecule has 1 aromatic carbocycles. The van der Waals surface area contributed by atoms with Crippen molar-refractivity contribution in [3.8, 4) is 0 Å². The number of hydrogen-bond donors (Lipinski definition) is 1. The monoisotopic (exact) mass is 365 g/mol. The molecule has 0 aliphatic heterocycles. The average Bonchev–Trinajstić information content (AvgIpc) is 2.64. The van der Waals surface area contributed by atoms with Crippen molar-refractivity contribution >= 4 is 11.9 Å². The van der Waals surface area contributed by atoms with Crippen LogP contribution in [0.4, 0.5) is 0 Å². The molecule has 0 heterocycles. The van der Waals surface area contributed by atoms with Gasteiger partial charge in [0, 0.05) is 19.5 Å². The topological polar surface area (TPSA) is 76.1 Å². The molecule has 0 saturated carbocycles. The first-order valence-electron chi connectivity index (χ1n) is 9.07. The lowest BCUT2D eigenvalue weighted by Gasteiger charge is -2.25. The minimum Gasteiger partial charge on any atom is -0.469 e. The van der Waals surface area contributed by atoms with E-state index in [4.69, 9.17) is 14.6 Å². The number of carbonyl (C=O) groups is 2. The highest BCUT2D eigenvalue weighted by Crippen LogP contribution is 2.10. The predicted octanol–water partition coefficient (Wildman–Crippen LogP) is 1.96. The number of methoxy groups -OCH3 is 1. The molecule has 0 radical (unpaired) electrons. The van der Waals surface area contributed by atoms with Crippen molar-refractivity contribution in [1.82, 2.24) is 4.90 Å². The van der Waals surface area contributed by atoms with Crippen LogP contribution in [0.25, 0.3) is 0 Å². The Labute approximate surface area is 156 Å². The third kappa shape index (κ3) is 8.45. The largest absolute Gasteiger partial charge is 0.469 e. The fourth-order valence-electron chi connectivity index (χ4n) is 2.62. The lowest BCUT2D eigenvalue weighted by molar-refractivity contribution is -0.146. The summed E-state index contributed by atoms with van der Waals surface area (Å²) >= 11 is 0. The number of aliphatic hydroxyl groups is 1. The Bertz CT molecular complexity index is 544. The van der Waals surface area contributed by atoms with Crippen molar-refractivity contribution in [1.29, 1.82) is 0 Å². The summed E-state index contributed by atoms with van der Waals surface area (Å²) in [6.07, 6.45) is 2.01. The van der Waals surface area contributed by atoms with Gasteiger partial charge >= 0.3 is 5.97 Å². The highest BCUT2D eigenvalue weighted by atomic mass is 16.5. The van der Waals surface area contributed by atoms with E-state index in [1.54, 1.807) is 11.8 Å². The zero-order valence-corrected chi connectivity index (χ0v) is 16.1. The minimum atomic E-state index is -0.390. The molecule has 0 bridgehead atoms. The van der Waals surface area contributed by atoms with Gasteiger partial charge < -0.3 is 19.5 Å². The van der Waals surface area contributed by atoms with Crippen LogP contribution in [0, 0.1) is 12.8 Å². The molecule has 1 atom stereocenters. The predicted molar refractivity (Wildman–Crippen MR) is 99.8 cm³/mol. The standard InChI is InChI=1S/C20H31NO5/c1-16-7-9-18(10-8-16)5-4-6-19(23)21(11-13-26-14-12-22)15-17(2)20(24)25-3/h7-10,17,22H,4-6,11-15H2,1-3H3. The second kappa shape index (κ2) is 12.4. The SMILES string of the molecule is COC(=O)C(C)CN(CCOCCO)C(=O)CCCc1ccc(C)cc1. The molecule has 1 unspecified atom stereocenters. The van der Waals surface area contributed by atoms with E-state index in [2.05, 4.69) is 24.3 Å². The number of benzene rings is 1. The van der Waals surface area contributed by atoms with Gasteiger partial charge in [0.1, 0.15) is 0 Å². The van der Waals surface area contributed by atoms with Crippen LogP contribution >= 0.6 is 0 Å². The van der Waals surface area contributed by atoms with Crippen LogP contribution in [0.2, 0.25) is 0 Å². The molecule has 0 saturated heterocycles. The summed E-state index contributed by atoms with van der Waals surface area (Å²) in [6.45, 7) is 5.01. The molecule has 6 heteroatoms. The minimum absolute atomic E-state index is 0.000429. The second-order valence-corrected chi connectivity index (χ2v) is 6.44. The maximum atomic E-state index is 12.6. The Morgan fingerprint density at radius 2 is 1.88 bits per heavy atom. The van der Waals surface area contributed by atoms with E-state index < -0.39 is 0 Å². The van der Waals surface area contributed by atoms with Gasteiger partial charge in [-0.15, -0.1) is 0 Å². The lowest BCUT2D eigenvalue weighted by atomic mass is 10.1. The molecule has 0 aliphatic carbocycles. The van der Waals surface area contributed by atoms with Crippen molar-refractivity contribution in [3.63, 3.8) is 0 Å². The molecule has 0 fully saturated rings. The molecule has 1 N–H and O–H groups in total. The quantitative estimate of drug-likeness (QED) is 0.453. The van der Waals surface area contributed by atoms with Gasteiger partial charge in [0.05, 0.1) is 32.8 Å². The molecular formula is C20H31NO5. The van der Waals surface area contributed by atoms with Crippen LogP contribution in [0.5, 0.6) is 0 Å². The number of aliphatic hydroxyl groups excluding tert-OH is 1. The van der Waals surface area contributed by atoms with E-state index in [9.17, 15) is 9.59 Å². The first kappa shape index (κ1) is 22.1. The van der Waals surface area contributed by atoms with E-state index in [-0.39, 0.29) is 31.0 Å². The number of esters is 1. The summed E-state index contributed by atoms with van der Waals surface area (Å²) in [5.41, 5.74) is 2.43. The Kier molecular flexibility index (Phi) is 10.6. The fourth-order valence-corrected chi connectivity index (χ4v) is 2.62. The van der Waals surface area contributed by atoms with Crippen molar-refractivity contribution in [3.05, 3.63) is 35.4 Å². The molecule has 0 spiro atoms. The zero-order chi connectivity index (χ0) is 19.4. The van der Waals surface area contributed by atoms with Crippen molar-refractivity contribution < 1.29 is 24.2 Å². The molecule has 1 amide bonds. The summed E-state index contributed by atoms with van der Waals surface area (Å²) in [5, 5.41) is 8.77. The van der Waals surface area contributed by atoms with Gasteiger partial charge in [-0.2, -0.15) is 0 Å². The van der Waals surface area contributed by atoms with Crippen LogP contribution in [0.1, 0.15) is 30.9 Å². The van der Waals surface area contributed by atoms with Crippen LogP contribution in [-0.2, 0) is 25.5 Å². The molecule has 6 nitrogen and oxygen atoms in total. The smallest absolute Gasteiger partial charge is 0.310 e. The normalized spacial score (nSPS) is 11.8. The summed E-state index contributed by atoms with van der Waals surface area (Å²) < 4.78 is 10.00. The number of ether oxygens (including phenoxy) is 2. The van der Waals surface area contributed by atoms with E-state index >= 15 is 0 Å². The first-order chi connectivity index (χ1) is 12.5. The van der Waals surface area contributed by atoms with Crippen LogP contribution < -0.4 is 0 Å². The molecule has 0 aliphatic rings. The highest BCUT2D eigenvalue weighted by molar-refractivity contribution is 5.78. The zero-order valence-electron chi connectivity index (χ0n) is 16.1. The summed E-state index contributed by atoms with van der Waals surface area (Å²) in [6, 6.07) is 8.30. The Morgan fingerprint density at radius 3 is 2.50 bits per heavy atom. The molecule has 146 valence electrons. The van der Waals surface area contributed by atoms with Crippen molar-refractivity contribution in [2.45, 2.75) is 33.1 Å². The van der Waals surface area contributed by atoms with Crippen LogP contribution in [0.15, 0.2) is 24.3 Å². The maximum Gasteiger partial charge on any atom is 0.310 e. The highest BCUT2D eigenvalue weighted by Gasteiger charge is 2.21. The van der Waals surface area contributed by atoms with Crippen LogP contribution in [0.3, 0.4) is 0 Å². The molecule has 0 aromatic heterocycles. The second-order valence-electron chi connectivity index (χ2n) is 6.44. The first-order valence-corrected chi connectivity index (χ1v) is 9.07. The van der Waals surface area contributed by atoms with Gasteiger partial charge in [-0.05, 0) is 25.3 Å². The summed E-state index contributed by atoms with van der Waals surface area (Å²) in [4.78, 5) is 25.9. The van der Waals surface area contributed by atoms with Gasteiger partial charge in [0.2, 0.25) is 5.91 Å². The van der Waals surface area contributed by atoms with Gasteiger partial charge in [-0.25, -0.2) is 0 Å². The number of aryl methyl sites for hydroxylation is 2. The van der Waals surface area contributed by atoms with E-state index in [0.717, 1.165) is 12.8 Å². The number of hydrogen-bond acceptors (Lipinski definition) is 5. The van der Waals surface area contributed by atoms with Crippen molar-refractivity contribution in [2.24, 2.45) is 5.92 Å².